The maximum Gasteiger partial charge on any atom is 0.415 e. The van der Waals surface area contributed by atoms with Crippen LogP contribution in [-0.4, -0.2) is 49.9 Å². The molecule has 0 saturated heterocycles. The molecule has 5 aromatic rings. The van der Waals surface area contributed by atoms with Crippen LogP contribution in [0.2, 0.25) is 0 Å². The van der Waals surface area contributed by atoms with Crippen LogP contribution >= 0.6 is 0 Å². The lowest BCUT2D eigenvalue weighted by Gasteiger charge is -2.28. The van der Waals surface area contributed by atoms with Gasteiger partial charge in [-0.25, -0.2) is 14.3 Å². The van der Waals surface area contributed by atoms with Crippen LogP contribution in [0, 0.1) is 10.1 Å². The van der Waals surface area contributed by atoms with Crippen LogP contribution in [-0.2, 0) is 22.6 Å². The smallest absolute Gasteiger partial charge is 0.415 e. The van der Waals surface area contributed by atoms with E-state index in [0.717, 1.165) is 27.2 Å². The van der Waals surface area contributed by atoms with Crippen LogP contribution in [0.4, 0.5) is 16.2 Å². The van der Waals surface area contributed by atoms with Crippen molar-refractivity contribution in [3.05, 3.63) is 124 Å². The molecule has 0 atom stereocenters. The van der Waals surface area contributed by atoms with Gasteiger partial charge in [-0.05, 0) is 59.5 Å². The number of amides is 1. The number of aromatic nitrogens is 4. The minimum Gasteiger partial charge on any atom is -0.465 e. The van der Waals surface area contributed by atoms with Gasteiger partial charge in [-0.3, -0.25) is 15.0 Å². The van der Waals surface area contributed by atoms with Crippen LogP contribution in [0.3, 0.4) is 0 Å². The van der Waals surface area contributed by atoms with Crippen molar-refractivity contribution in [2.75, 3.05) is 12.0 Å². The van der Waals surface area contributed by atoms with Gasteiger partial charge in [0.15, 0.2) is 5.82 Å². The maximum atomic E-state index is 13.5. The van der Waals surface area contributed by atoms with Crippen LogP contribution in [0.15, 0.2) is 97.1 Å². The summed E-state index contributed by atoms with van der Waals surface area (Å²) in [5.41, 5.74) is 2.56. The fourth-order valence-corrected chi connectivity index (χ4v) is 4.95. The molecule has 0 fully saturated rings. The van der Waals surface area contributed by atoms with E-state index in [1.165, 1.54) is 25.3 Å². The molecule has 0 spiro atoms. The minimum absolute atomic E-state index is 0.124. The van der Waals surface area contributed by atoms with E-state index in [1.54, 1.807) is 25.5 Å². The number of carbonyl (C=O) groups excluding carboxylic acids is 2. The van der Waals surface area contributed by atoms with Gasteiger partial charge in [-0.1, -0.05) is 84.9 Å². The second kappa shape index (κ2) is 13.4. The molecule has 0 aliphatic heterocycles. The molecule has 0 saturated carbocycles. The predicted molar refractivity (Wildman–Crippen MR) is 171 cm³/mol. The Morgan fingerprint density at radius 3 is 2.20 bits per heavy atom. The molecule has 46 heavy (non-hydrogen) atoms. The van der Waals surface area contributed by atoms with Crippen molar-refractivity contribution in [3.8, 4) is 22.5 Å². The van der Waals surface area contributed by atoms with Crippen LogP contribution in [0.5, 0.6) is 0 Å². The van der Waals surface area contributed by atoms with E-state index in [-0.39, 0.29) is 17.8 Å². The third kappa shape index (κ3) is 7.07. The van der Waals surface area contributed by atoms with Crippen LogP contribution in [0.1, 0.15) is 42.3 Å². The highest BCUT2D eigenvalue weighted by molar-refractivity contribution is 6.03. The monoisotopic (exact) mass is 620 g/mol. The van der Waals surface area contributed by atoms with E-state index in [2.05, 4.69) is 15.5 Å². The summed E-state index contributed by atoms with van der Waals surface area (Å²) in [7, 11) is 1.17. The molecule has 5 rings (SSSR count). The highest BCUT2D eigenvalue weighted by Gasteiger charge is 2.33. The fraction of sp³-hybridized carbons (Fsp3) is 0.206. The number of tetrazole rings is 1. The van der Waals surface area contributed by atoms with Gasteiger partial charge in [0.1, 0.15) is 11.3 Å². The summed E-state index contributed by atoms with van der Waals surface area (Å²) in [6.07, 6.45) is -0.855. The molecule has 1 aromatic heterocycles. The van der Waals surface area contributed by atoms with Crippen molar-refractivity contribution in [3.63, 3.8) is 0 Å². The zero-order valence-corrected chi connectivity index (χ0v) is 25.8. The third-order valence-electron chi connectivity index (χ3n) is 6.98. The van der Waals surface area contributed by atoms with Crippen molar-refractivity contribution in [1.82, 2.24) is 20.2 Å². The van der Waals surface area contributed by atoms with Crippen molar-refractivity contribution >= 4 is 23.4 Å². The van der Waals surface area contributed by atoms with Gasteiger partial charge < -0.3 is 9.47 Å². The first-order valence-electron chi connectivity index (χ1n) is 14.4. The molecule has 0 radical (unpaired) electrons. The van der Waals surface area contributed by atoms with Gasteiger partial charge in [0.2, 0.25) is 0 Å². The molecule has 0 bridgehead atoms. The number of hydrogen-bond donors (Lipinski definition) is 0. The quantitative estimate of drug-likeness (QED) is 0.1000. The number of para-hydroxylation sites is 1. The molecular formula is C34H32N6O6. The zero-order chi connectivity index (χ0) is 32.8. The van der Waals surface area contributed by atoms with Crippen molar-refractivity contribution < 1.29 is 24.0 Å². The topological polar surface area (TPSA) is 143 Å². The summed E-state index contributed by atoms with van der Waals surface area (Å²) >= 11 is 0. The van der Waals surface area contributed by atoms with E-state index in [4.69, 9.17) is 9.47 Å². The number of benzene rings is 4. The first-order chi connectivity index (χ1) is 22.1. The largest absolute Gasteiger partial charge is 0.465 e. The number of esters is 1. The summed E-state index contributed by atoms with van der Waals surface area (Å²) in [5.74, 6) is -0.222. The molecule has 1 heterocycles. The van der Waals surface area contributed by atoms with Gasteiger partial charge >= 0.3 is 12.1 Å². The molecule has 4 aromatic carbocycles. The lowest BCUT2D eigenvalue weighted by atomic mass is 9.98. The number of carbonyl (C=O) groups is 2. The standard InChI is InChI=1S/C34H32N6O6/c1-34(2,3)46-33(42)38(30-28(32(41)45-4)15-10-16-29(30)40(43)44)21-24-17-19-25(20-18-24)26-13-8-9-14-27(26)31-35-36-37-39(31)22-23-11-6-5-7-12-23/h5-20H,21-22H2,1-4H3. The highest BCUT2D eigenvalue weighted by atomic mass is 16.6. The number of nitrogens with zero attached hydrogens (tertiary/aromatic N) is 6. The zero-order valence-electron chi connectivity index (χ0n) is 25.8. The average Bonchev–Trinajstić information content (AvgIpc) is 3.50. The molecule has 234 valence electrons. The Hall–Kier alpha value is -5.91. The van der Waals surface area contributed by atoms with Gasteiger partial charge in [-0.2, -0.15) is 0 Å². The number of rotatable bonds is 9. The van der Waals surface area contributed by atoms with E-state index in [0.29, 0.717) is 17.9 Å². The summed E-state index contributed by atoms with van der Waals surface area (Å²) in [4.78, 5) is 38.7. The van der Waals surface area contributed by atoms with Crippen LogP contribution in [0.25, 0.3) is 22.5 Å². The van der Waals surface area contributed by atoms with Gasteiger partial charge in [-0.15, -0.1) is 5.10 Å². The normalized spacial score (nSPS) is 11.1. The van der Waals surface area contributed by atoms with Gasteiger partial charge in [0, 0.05) is 11.6 Å². The Bertz CT molecular complexity index is 1870. The molecule has 0 aliphatic rings. The van der Waals surface area contributed by atoms with E-state index < -0.39 is 28.3 Å². The Morgan fingerprint density at radius 2 is 1.54 bits per heavy atom. The van der Waals surface area contributed by atoms with Crippen molar-refractivity contribution in [2.24, 2.45) is 0 Å². The van der Waals surface area contributed by atoms with Gasteiger partial charge in [0.05, 0.1) is 30.7 Å². The molecule has 0 N–H and O–H groups in total. The number of anilines is 1. The Morgan fingerprint density at radius 1 is 0.870 bits per heavy atom. The summed E-state index contributed by atoms with van der Waals surface area (Å²) in [6.45, 7) is 5.43. The molecule has 0 aliphatic carbocycles. The lowest BCUT2D eigenvalue weighted by molar-refractivity contribution is -0.384. The summed E-state index contributed by atoms with van der Waals surface area (Å²) in [5, 5.41) is 24.5. The van der Waals surface area contributed by atoms with E-state index in [9.17, 15) is 19.7 Å². The molecule has 12 heteroatoms. The second-order valence-corrected chi connectivity index (χ2v) is 11.4. The number of hydrogen-bond acceptors (Lipinski definition) is 9. The number of nitro benzene ring substituents is 1. The highest BCUT2D eigenvalue weighted by Crippen LogP contribution is 2.36. The molecule has 0 unspecified atom stereocenters. The van der Waals surface area contributed by atoms with Gasteiger partial charge in [0.25, 0.3) is 5.69 Å². The first kappa shape index (κ1) is 31.5. The maximum absolute atomic E-state index is 13.5. The van der Waals surface area contributed by atoms with E-state index >= 15 is 0 Å². The predicted octanol–water partition coefficient (Wildman–Crippen LogP) is 6.69. The van der Waals surface area contributed by atoms with Crippen LogP contribution < -0.4 is 4.90 Å². The minimum atomic E-state index is -0.909. The lowest BCUT2D eigenvalue weighted by Crippen LogP contribution is -2.37. The Labute approximate surface area is 265 Å². The van der Waals surface area contributed by atoms with Crippen molar-refractivity contribution in [2.45, 2.75) is 39.5 Å². The SMILES string of the molecule is COC(=O)c1cccc([N+](=O)[O-])c1N(Cc1ccc(-c2ccccc2-c2nnnn2Cc2ccccc2)cc1)C(=O)OC(C)(C)C. The third-order valence-corrected chi connectivity index (χ3v) is 6.98. The number of ether oxygens (including phenoxy) is 2. The Balaban J connectivity index is 1.51. The summed E-state index contributed by atoms with van der Waals surface area (Å²) < 4.78 is 12.3. The van der Waals surface area contributed by atoms with Crippen molar-refractivity contribution in [1.29, 1.82) is 0 Å². The first-order valence-corrected chi connectivity index (χ1v) is 14.4. The number of nitro groups is 1. The molecular weight excluding hydrogens is 588 g/mol. The average molecular weight is 621 g/mol. The second-order valence-electron chi connectivity index (χ2n) is 11.4. The number of methoxy groups -OCH3 is 1. The Kier molecular flexibility index (Phi) is 9.17. The van der Waals surface area contributed by atoms with E-state index in [1.807, 2.05) is 78.9 Å². The fourth-order valence-electron chi connectivity index (χ4n) is 4.95. The molecule has 12 nitrogen and oxygen atoms in total. The summed E-state index contributed by atoms with van der Waals surface area (Å²) in [6, 6.07) is 29.0. The molecule has 1 amide bonds.